The SMILES string of the molecule is O=C(O)c1cccc2nc3c(cc12)CCCC3. The van der Waals surface area contributed by atoms with E-state index in [0.29, 0.717) is 5.56 Å². The Morgan fingerprint density at radius 1 is 1.24 bits per heavy atom. The zero-order valence-electron chi connectivity index (χ0n) is 9.44. The number of nitrogens with zero attached hydrogens (tertiary/aromatic N) is 1. The van der Waals surface area contributed by atoms with Gasteiger partial charge in [0.05, 0.1) is 11.1 Å². The maximum absolute atomic E-state index is 11.2. The highest BCUT2D eigenvalue weighted by Gasteiger charge is 2.15. The van der Waals surface area contributed by atoms with Gasteiger partial charge in [-0.3, -0.25) is 4.98 Å². The summed E-state index contributed by atoms with van der Waals surface area (Å²) in [6.07, 6.45) is 4.40. The molecule has 0 spiro atoms. The molecule has 0 saturated carbocycles. The van der Waals surface area contributed by atoms with Crippen LogP contribution in [-0.2, 0) is 12.8 Å². The Morgan fingerprint density at radius 2 is 2.06 bits per heavy atom. The number of aromatic carboxylic acids is 1. The summed E-state index contributed by atoms with van der Waals surface area (Å²) < 4.78 is 0. The number of hydrogen-bond donors (Lipinski definition) is 1. The van der Waals surface area contributed by atoms with Gasteiger partial charge in [-0.05, 0) is 49.4 Å². The van der Waals surface area contributed by atoms with Crippen molar-refractivity contribution in [2.75, 3.05) is 0 Å². The van der Waals surface area contributed by atoms with E-state index in [-0.39, 0.29) is 0 Å². The molecule has 2 aromatic rings. The van der Waals surface area contributed by atoms with Crippen LogP contribution in [0.1, 0.15) is 34.5 Å². The van der Waals surface area contributed by atoms with Crippen molar-refractivity contribution in [2.45, 2.75) is 25.7 Å². The van der Waals surface area contributed by atoms with Crippen LogP contribution in [-0.4, -0.2) is 16.1 Å². The Morgan fingerprint density at radius 3 is 2.88 bits per heavy atom. The summed E-state index contributed by atoms with van der Waals surface area (Å²) in [5.74, 6) is -0.881. The third-order valence-corrected chi connectivity index (χ3v) is 3.37. The van der Waals surface area contributed by atoms with Crippen LogP contribution in [0, 0.1) is 0 Å². The third-order valence-electron chi connectivity index (χ3n) is 3.37. The lowest BCUT2D eigenvalue weighted by Crippen LogP contribution is -2.07. The molecule has 17 heavy (non-hydrogen) atoms. The molecular weight excluding hydrogens is 214 g/mol. The van der Waals surface area contributed by atoms with E-state index >= 15 is 0 Å². The minimum absolute atomic E-state index is 0.350. The molecule has 0 amide bonds. The Labute approximate surface area is 99.1 Å². The summed E-state index contributed by atoms with van der Waals surface area (Å²) in [6, 6.07) is 7.30. The molecule has 0 atom stereocenters. The number of carboxylic acid groups (broad SMARTS) is 1. The van der Waals surface area contributed by atoms with Gasteiger partial charge in [-0.15, -0.1) is 0 Å². The molecule has 86 valence electrons. The van der Waals surface area contributed by atoms with E-state index in [2.05, 4.69) is 4.98 Å². The van der Waals surface area contributed by atoms with E-state index in [1.165, 1.54) is 18.4 Å². The third kappa shape index (κ3) is 1.68. The molecular formula is C14H13NO2. The molecule has 0 saturated heterocycles. The number of carbonyl (C=O) groups is 1. The molecule has 3 nitrogen and oxygen atoms in total. The lowest BCUT2D eigenvalue weighted by Gasteiger charge is -2.15. The first-order chi connectivity index (χ1) is 8.25. The second-order valence-corrected chi connectivity index (χ2v) is 4.48. The number of pyridine rings is 1. The molecule has 1 aromatic heterocycles. The molecule has 0 unspecified atom stereocenters. The molecule has 3 rings (SSSR count). The fraction of sp³-hybridized carbons (Fsp3) is 0.286. The van der Waals surface area contributed by atoms with Crippen molar-refractivity contribution in [1.82, 2.24) is 4.98 Å². The number of hydrogen-bond acceptors (Lipinski definition) is 2. The lowest BCUT2D eigenvalue weighted by molar-refractivity contribution is 0.0699. The number of aryl methyl sites for hydroxylation is 2. The second kappa shape index (κ2) is 3.84. The topological polar surface area (TPSA) is 50.2 Å². The Hall–Kier alpha value is -1.90. The average Bonchev–Trinajstić information content (AvgIpc) is 2.35. The molecule has 1 aliphatic carbocycles. The van der Waals surface area contributed by atoms with Crippen molar-refractivity contribution in [3.8, 4) is 0 Å². The smallest absolute Gasteiger partial charge is 0.336 e. The van der Waals surface area contributed by atoms with Crippen LogP contribution in [0.3, 0.4) is 0 Å². The largest absolute Gasteiger partial charge is 0.478 e. The van der Waals surface area contributed by atoms with E-state index in [1.807, 2.05) is 12.1 Å². The first kappa shape index (κ1) is 10.3. The molecule has 0 aliphatic heterocycles. The van der Waals surface area contributed by atoms with Gasteiger partial charge in [0.15, 0.2) is 0 Å². The zero-order chi connectivity index (χ0) is 11.8. The highest BCUT2D eigenvalue weighted by Crippen LogP contribution is 2.25. The molecule has 1 aliphatic rings. The van der Waals surface area contributed by atoms with Gasteiger partial charge in [0, 0.05) is 11.1 Å². The van der Waals surface area contributed by atoms with Gasteiger partial charge < -0.3 is 5.11 Å². The van der Waals surface area contributed by atoms with Crippen LogP contribution in [0.4, 0.5) is 0 Å². The molecule has 3 heteroatoms. The molecule has 0 fully saturated rings. The molecule has 0 radical (unpaired) electrons. The van der Waals surface area contributed by atoms with Crippen molar-refractivity contribution >= 4 is 16.9 Å². The zero-order valence-corrected chi connectivity index (χ0v) is 9.44. The predicted molar refractivity (Wildman–Crippen MR) is 65.3 cm³/mol. The molecule has 1 N–H and O–H groups in total. The Balaban J connectivity index is 2.30. The summed E-state index contributed by atoms with van der Waals surface area (Å²) in [5, 5.41) is 9.92. The van der Waals surface area contributed by atoms with Gasteiger partial charge in [0.2, 0.25) is 0 Å². The van der Waals surface area contributed by atoms with Gasteiger partial charge in [0.25, 0.3) is 0 Å². The number of aromatic nitrogens is 1. The maximum Gasteiger partial charge on any atom is 0.336 e. The summed E-state index contributed by atoms with van der Waals surface area (Å²) in [7, 11) is 0. The minimum Gasteiger partial charge on any atom is -0.478 e. The van der Waals surface area contributed by atoms with Gasteiger partial charge in [-0.2, -0.15) is 0 Å². The van der Waals surface area contributed by atoms with E-state index in [1.54, 1.807) is 12.1 Å². The standard InChI is InChI=1S/C14H13NO2/c16-14(17)10-5-3-7-13-11(10)8-9-4-1-2-6-12(9)15-13/h3,5,7-8H,1-2,4,6H2,(H,16,17). The van der Waals surface area contributed by atoms with Crippen molar-refractivity contribution in [3.05, 3.63) is 41.1 Å². The van der Waals surface area contributed by atoms with Crippen molar-refractivity contribution in [2.24, 2.45) is 0 Å². The summed E-state index contributed by atoms with van der Waals surface area (Å²) in [4.78, 5) is 15.8. The number of fused-ring (bicyclic) bond motifs is 2. The van der Waals surface area contributed by atoms with E-state index < -0.39 is 5.97 Å². The average molecular weight is 227 g/mol. The Kier molecular flexibility index (Phi) is 2.32. The van der Waals surface area contributed by atoms with Crippen LogP contribution in [0.2, 0.25) is 0 Å². The highest BCUT2D eigenvalue weighted by atomic mass is 16.4. The van der Waals surface area contributed by atoms with Gasteiger partial charge in [0.1, 0.15) is 0 Å². The van der Waals surface area contributed by atoms with Crippen molar-refractivity contribution in [1.29, 1.82) is 0 Å². The normalized spacial score (nSPS) is 14.6. The minimum atomic E-state index is -0.881. The van der Waals surface area contributed by atoms with Crippen molar-refractivity contribution in [3.63, 3.8) is 0 Å². The van der Waals surface area contributed by atoms with E-state index in [4.69, 9.17) is 5.11 Å². The Bertz CT molecular complexity index is 604. The molecule has 1 heterocycles. The fourth-order valence-corrected chi connectivity index (χ4v) is 2.50. The van der Waals surface area contributed by atoms with Gasteiger partial charge in [-0.1, -0.05) is 6.07 Å². The first-order valence-electron chi connectivity index (χ1n) is 5.90. The summed E-state index contributed by atoms with van der Waals surface area (Å²) >= 11 is 0. The van der Waals surface area contributed by atoms with E-state index in [9.17, 15) is 4.79 Å². The summed E-state index contributed by atoms with van der Waals surface area (Å²) in [6.45, 7) is 0. The monoisotopic (exact) mass is 227 g/mol. The quantitative estimate of drug-likeness (QED) is 0.815. The second-order valence-electron chi connectivity index (χ2n) is 4.48. The van der Waals surface area contributed by atoms with Crippen LogP contribution in [0.15, 0.2) is 24.3 Å². The van der Waals surface area contributed by atoms with Crippen LogP contribution in [0.5, 0.6) is 0 Å². The number of carboxylic acids is 1. The number of rotatable bonds is 1. The lowest BCUT2D eigenvalue weighted by atomic mass is 9.94. The maximum atomic E-state index is 11.2. The van der Waals surface area contributed by atoms with E-state index in [0.717, 1.165) is 29.4 Å². The van der Waals surface area contributed by atoms with Gasteiger partial charge >= 0.3 is 5.97 Å². The fourth-order valence-electron chi connectivity index (χ4n) is 2.50. The van der Waals surface area contributed by atoms with Crippen LogP contribution < -0.4 is 0 Å². The van der Waals surface area contributed by atoms with Crippen molar-refractivity contribution < 1.29 is 9.90 Å². The van der Waals surface area contributed by atoms with Crippen LogP contribution >= 0.6 is 0 Å². The van der Waals surface area contributed by atoms with Gasteiger partial charge in [-0.25, -0.2) is 4.79 Å². The number of benzene rings is 1. The predicted octanol–water partition coefficient (Wildman–Crippen LogP) is 2.81. The molecule has 0 bridgehead atoms. The highest BCUT2D eigenvalue weighted by molar-refractivity contribution is 6.02. The van der Waals surface area contributed by atoms with Crippen LogP contribution in [0.25, 0.3) is 10.9 Å². The molecule has 1 aromatic carbocycles. The summed E-state index contributed by atoms with van der Waals surface area (Å²) in [5.41, 5.74) is 3.51. The first-order valence-corrected chi connectivity index (χ1v) is 5.90.